The van der Waals surface area contributed by atoms with Crippen molar-refractivity contribution in [2.75, 3.05) is 6.61 Å². The zero-order chi connectivity index (χ0) is 19.7. The van der Waals surface area contributed by atoms with Crippen LogP contribution in [0.3, 0.4) is 0 Å². The van der Waals surface area contributed by atoms with E-state index in [4.69, 9.17) is 14.4 Å². The molecule has 1 heterocycles. The molecule has 0 fully saturated rings. The van der Waals surface area contributed by atoms with Gasteiger partial charge in [-0.25, -0.2) is 9.59 Å². The van der Waals surface area contributed by atoms with Crippen molar-refractivity contribution >= 4 is 12.1 Å². The summed E-state index contributed by atoms with van der Waals surface area (Å²) in [7, 11) is 0. The largest absolute Gasteiger partial charge is 0.475 e. The molecule has 8 heteroatoms. The molecule has 1 aromatic heterocycles. The second kappa shape index (κ2) is 7.15. The number of aromatic carboxylic acids is 1. The van der Waals surface area contributed by atoms with Crippen molar-refractivity contribution in [3.63, 3.8) is 0 Å². The lowest BCUT2D eigenvalue weighted by Crippen LogP contribution is -2.29. The topological polar surface area (TPSA) is 115 Å². The van der Waals surface area contributed by atoms with Crippen molar-refractivity contribution in [1.82, 2.24) is 15.5 Å². The molecule has 1 aliphatic carbocycles. The second-order valence-corrected chi connectivity index (χ2v) is 6.45. The number of carboxylic acid groups (broad SMARTS) is 1. The molecular formula is C20H17N3O5. The number of ether oxygens (including phenoxy) is 1. The maximum atomic E-state index is 12.2. The number of aromatic nitrogens is 2. The van der Waals surface area contributed by atoms with Crippen LogP contribution in [0.5, 0.6) is 0 Å². The van der Waals surface area contributed by atoms with Gasteiger partial charge >= 0.3 is 12.1 Å². The minimum absolute atomic E-state index is 0.00842. The van der Waals surface area contributed by atoms with Gasteiger partial charge in [0.05, 0.1) is 0 Å². The average Bonchev–Trinajstić information content (AvgIpc) is 3.30. The number of hydrogen-bond acceptors (Lipinski definition) is 6. The third-order valence-corrected chi connectivity index (χ3v) is 4.68. The molecular weight excluding hydrogens is 362 g/mol. The monoisotopic (exact) mass is 379 g/mol. The minimum atomic E-state index is -1.30. The fourth-order valence-corrected chi connectivity index (χ4v) is 3.38. The van der Waals surface area contributed by atoms with Gasteiger partial charge in [0.1, 0.15) is 12.6 Å². The first-order valence-electron chi connectivity index (χ1n) is 8.73. The van der Waals surface area contributed by atoms with E-state index in [0.29, 0.717) is 0 Å². The maximum Gasteiger partial charge on any atom is 0.407 e. The number of carbonyl (C=O) groups is 2. The summed E-state index contributed by atoms with van der Waals surface area (Å²) in [6.07, 6.45) is -0.649. The lowest BCUT2D eigenvalue weighted by Gasteiger charge is -2.15. The molecule has 0 radical (unpaired) electrons. The van der Waals surface area contributed by atoms with Gasteiger partial charge in [0.25, 0.3) is 5.82 Å². The van der Waals surface area contributed by atoms with Crippen LogP contribution in [0.2, 0.25) is 0 Å². The first-order valence-corrected chi connectivity index (χ1v) is 8.73. The van der Waals surface area contributed by atoms with Crippen LogP contribution in [0.15, 0.2) is 53.1 Å². The molecule has 4 rings (SSSR count). The normalized spacial score (nSPS) is 13.5. The number of amides is 1. The number of carboxylic acids is 1. The fourth-order valence-electron chi connectivity index (χ4n) is 3.38. The number of nitrogens with zero attached hydrogens (tertiary/aromatic N) is 2. The van der Waals surface area contributed by atoms with Crippen LogP contribution in [0.4, 0.5) is 4.79 Å². The number of benzene rings is 2. The van der Waals surface area contributed by atoms with Crippen molar-refractivity contribution in [2.45, 2.75) is 18.9 Å². The van der Waals surface area contributed by atoms with Gasteiger partial charge in [-0.05, 0) is 34.3 Å². The van der Waals surface area contributed by atoms with E-state index in [1.165, 1.54) is 0 Å². The van der Waals surface area contributed by atoms with Gasteiger partial charge in [0, 0.05) is 5.92 Å². The van der Waals surface area contributed by atoms with Gasteiger partial charge in [-0.2, -0.15) is 4.98 Å². The van der Waals surface area contributed by atoms with E-state index in [1.807, 2.05) is 36.4 Å². The number of hydrogen-bond donors (Lipinski definition) is 2. The third kappa shape index (κ3) is 3.20. The Hall–Kier alpha value is -3.68. The standard InChI is InChI=1S/C20H17N3O5/c1-11(18-22-17(19(24)25)23-28-18)21-20(26)27-10-16-14-8-4-2-6-12(14)13-7-3-5-9-15(13)16/h2-9,11,16H,10H2,1H3,(H,21,26)(H,24,25). The first kappa shape index (κ1) is 17.7. The Balaban J connectivity index is 1.43. The molecule has 8 nitrogen and oxygen atoms in total. The van der Waals surface area contributed by atoms with E-state index < -0.39 is 23.9 Å². The Morgan fingerprint density at radius 2 is 1.75 bits per heavy atom. The molecule has 0 saturated carbocycles. The molecule has 0 aliphatic heterocycles. The highest BCUT2D eigenvalue weighted by atomic mass is 16.5. The summed E-state index contributed by atoms with van der Waals surface area (Å²) < 4.78 is 10.3. The van der Waals surface area contributed by atoms with E-state index in [9.17, 15) is 9.59 Å². The fraction of sp³-hybridized carbons (Fsp3) is 0.200. The van der Waals surface area contributed by atoms with Crippen LogP contribution >= 0.6 is 0 Å². The summed E-state index contributed by atoms with van der Waals surface area (Å²) in [5.41, 5.74) is 4.53. The Labute approximate surface area is 160 Å². The van der Waals surface area contributed by atoms with Gasteiger partial charge < -0.3 is 19.7 Å². The summed E-state index contributed by atoms with van der Waals surface area (Å²) in [5.74, 6) is -1.82. The summed E-state index contributed by atoms with van der Waals surface area (Å²) in [4.78, 5) is 26.7. The van der Waals surface area contributed by atoms with Crippen molar-refractivity contribution in [3.8, 4) is 11.1 Å². The Morgan fingerprint density at radius 3 is 2.32 bits per heavy atom. The second-order valence-electron chi connectivity index (χ2n) is 6.45. The van der Waals surface area contributed by atoms with Gasteiger partial charge in [0.15, 0.2) is 0 Å². The minimum Gasteiger partial charge on any atom is -0.475 e. The molecule has 1 aliphatic rings. The van der Waals surface area contributed by atoms with Gasteiger partial charge in [-0.3, -0.25) is 0 Å². The van der Waals surface area contributed by atoms with E-state index in [1.54, 1.807) is 6.92 Å². The molecule has 1 atom stereocenters. The highest BCUT2D eigenvalue weighted by Crippen LogP contribution is 2.44. The van der Waals surface area contributed by atoms with E-state index >= 15 is 0 Å². The van der Waals surface area contributed by atoms with Crippen molar-refractivity contribution in [2.24, 2.45) is 0 Å². The predicted octanol–water partition coefficient (Wildman–Crippen LogP) is 3.37. The third-order valence-electron chi connectivity index (χ3n) is 4.68. The number of alkyl carbamates (subject to hydrolysis) is 1. The highest BCUT2D eigenvalue weighted by Gasteiger charge is 2.29. The van der Waals surface area contributed by atoms with E-state index in [2.05, 4.69) is 27.6 Å². The molecule has 1 amide bonds. The molecule has 28 heavy (non-hydrogen) atoms. The van der Waals surface area contributed by atoms with Crippen LogP contribution in [-0.4, -0.2) is 33.9 Å². The average molecular weight is 379 g/mol. The molecule has 2 aromatic carbocycles. The van der Waals surface area contributed by atoms with Gasteiger partial charge in [0.2, 0.25) is 5.89 Å². The maximum absolute atomic E-state index is 12.2. The first-order chi connectivity index (χ1) is 13.5. The van der Waals surface area contributed by atoms with Crippen molar-refractivity contribution in [1.29, 1.82) is 0 Å². The van der Waals surface area contributed by atoms with Crippen LogP contribution in [0.25, 0.3) is 11.1 Å². The number of carbonyl (C=O) groups excluding carboxylic acids is 1. The number of fused-ring (bicyclic) bond motifs is 3. The van der Waals surface area contributed by atoms with Crippen LogP contribution in [0.1, 0.15) is 46.5 Å². The summed E-state index contributed by atoms with van der Waals surface area (Å²) in [6, 6.07) is 15.4. The quantitative estimate of drug-likeness (QED) is 0.698. The molecule has 0 spiro atoms. The number of nitrogens with one attached hydrogen (secondary N) is 1. The SMILES string of the molecule is CC(NC(=O)OCC1c2ccccc2-c2ccccc21)c1nc(C(=O)O)no1. The summed E-state index contributed by atoms with van der Waals surface area (Å²) in [5, 5.41) is 14.7. The van der Waals surface area contributed by atoms with Crippen LogP contribution in [0, 0.1) is 0 Å². The molecule has 3 aromatic rings. The molecule has 2 N–H and O–H groups in total. The predicted molar refractivity (Wildman–Crippen MR) is 97.9 cm³/mol. The summed E-state index contributed by atoms with van der Waals surface area (Å²) in [6.45, 7) is 1.78. The Morgan fingerprint density at radius 1 is 1.14 bits per heavy atom. The zero-order valence-electron chi connectivity index (χ0n) is 15.0. The van der Waals surface area contributed by atoms with Crippen molar-refractivity contribution in [3.05, 3.63) is 71.4 Å². The Bertz CT molecular complexity index is 1000. The van der Waals surface area contributed by atoms with Crippen molar-refractivity contribution < 1.29 is 24.0 Å². The van der Waals surface area contributed by atoms with Gasteiger partial charge in [-0.1, -0.05) is 48.5 Å². The lowest BCUT2D eigenvalue weighted by molar-refractivity contribution is 0.0680. The summed E-state index contributed by atoms with van der Waals surface area (Å²) >= 11 is 0. The van der Waals surface area contributed by atoms with Crippen LogP contribution < -0.4 is 5.32 Å². The highest BCUT2D eigenvalue weighted by molar-refractivity contribution is 5.82. The molecule has 1 unspecified atom stereocenters. The zero-order valence-corrected chi connectivity index (χ0v) is 15.0. The molecule has 0 saturated heterocycles. The smallest absolute Gasteiger partial charge is 0.407 e. The molecule has 142 valence electrons. The number of rotatable bonds is 5. The molecule has 0 bridgehead atoms. The van der Waals surface area contributed by atoms with Gasteiger partial charge in [-0.15, -0.1) is 0 Å². The Kier molecular flexibility index (Phi) is 4.52. The lowest BCUT2D eigenvalue weighted by atomic mass is 9.98. The van der Waals surface area contributed by atoms with E-state index in [0.717, 1.165) is 22.3 Å². The van der Waals surface area contributed by atoms with E-state index in [-0.39, 0.29) is 18.4 Å². The van der Waals surface area contributed by atoms with Crippen LogP contribution in [-0.2, 0) is 4.74 Å².